The highest BCUT2D eigenvalue weighted by Crippen LogP contribution is 2.19. The van der Waals surface area contributed by atoms with E-state index in [-0.39, 0.29) is 0 Å². The molecule has 0 saturated heterocycles. The van der Waals surface area contributed by atoms with E-state index in [9.17, 15) is 19.5 Å². The van der Waals surface area contributed by atoms with Gasteiger partial charge in [-0.3, -0.25) is 19.7 Å². The molecule has 0 aliphatic carbocycles. The summed E-state index contributed by atoms with van der Waals surface area (Å²) >= 11 is 0. The quantitative estimate of drug-likeness (QED) is 0.372. The van der Waals surface area contributed by atoms with Crippen LogP contribution in [0, 0.1) is 5.41 Å². The molecule has 0 aromatic rings. The average molecular weight is 289 g/mol. The summed E-state index contributed by atoms with van der Waals surface area (Å²) in [4.78, 5) is 34.1. The Hall–Kier alpha value is -1.67. The number of aliphatic carboxylic acids is 1. The Morgan fingerprint density at radius 2 is 1.75 bits per heavy atom. The number of hydrogen-bond donors (Lipinski definition) is 5. The van der Waals surface area contributed by atoms with Crippen molar-refractivity contribution >= 4 is 17.8 Å². The van der Waals surface area contributed by atoms with Crippen LogP contribution < -0.4 is 16.4 Å². The summed E-state index contributed by atoms with van der Waals surface area (Å²) < 4.78 is 0. The van der Waals surface area contributed by atoms with E-state index in [2.05, 4.69) is 10.6 Å². The van der Waals surface area contributed by atoms with Crippen molar-refractivity contribution < 1.29 is 24.6 Å². The number of carbonyl (C=O) groups is 3. The second-order valence-corrected chi connectivity index (χ2v) is 5.70. The first-order valence-corrected chi connectivity index (χ1v) is 6.20. The van der Waals surface area contributed by atoms with E-state index < -0.39 is 47.9 Å². The molecule has 3 unspecified atom stereocenters. The van der Waals surface area contributed by atoms with Crippen molar-refractivity contribution in [1.29, 1.82) is 0 Å². The van der Waals surface area contributed by atoms with Crippen LogP contribution in [0.4, 0.5) is 0 Å². The van der Waals surface area contributed by atoms with Crippen molar-refractivity contribution in [2.45, 2.75) is 52.4 Å². The summed E-state index contributed by atoms with van der Waals surface area (Å²) in [6.07, 6.45) is -1.58. The third-order valence-corrected chi connectivity index (χ3v) is 2.57. The monoisotopic (exact) mass is 289 g/mol. The van der Waals surface area contributed by atoms with E-state index in [1.807, 2.05) is 0 Å². The maximum atomic E-state index is 12.0. The molecule has 116 valence electrons. The molecule has 8 heteroatoms. The summed E-state index contributed by atoms with van der Waals surface area (Å²) in [6.45, 7) is 6.52. The Morgan fingerprint density at radius 3 is 2.05 bits per heavy atom. The molecular formula is C12H23N3O5. The first kappa shape index (κ1) is 18.3. The van der Waals surface area contributed by atoms with Gasteiger partial charge in [-0.2, -0.15) is 0 Å². The topological polar surface area (TPSA) is 142 Å². The van der Waals surface area contributed by atoms with Gasteiger partial charge in [0.2, 0.25) is 11.8 Å². The summed E-state index contributed by atoms with van der Waals surface area (Å²) in [5, 5.41) is 22.8. The van der Waals surface area contributed by atoms with Crippen LogP contribution in [0.3, 0.4) is 0 Å². The fraction of sp³-hybridized carbons (Fsp3) is 0.750. The van der Waals surface area contributed by atoms with Gasteiger partial charge < -0.3 is 21.3 Å². The largest absolute Gasteiger partial charge is 0.481 e. The summed E-state index contributed by atoms with van der Waals surface area (Å²) in [6, 6.07) is -2.10. The normalized spacial score (nSPS) is 16.1. The second kappa shape index (κ2) is 7.20. The number of aliphatic hydroxyl groups excluding tert-OH is 1. The molecular weight excluding hydrogens is 266 g/mol. The molecule has 8 nitrogen and oxygen atoms in total. The molecule has 0 saturated carbocycles. The highest BCUT2D eigenvalue weighted by Gasteiger charge is 2.33. The van der Waals surface area contributed by atoms with Crippen molar-refractivity contribution in [3.8, 4) is 0 Å². The Balaban J connectivity index is 4.97. The number of nitrogens with one attached hydrogen (secondary N) is 2. The molecule has 6 N–H and O–H groups in total. The summed E-state index contributed by atoms with van der Waals surface area (Å²) in [5.41, 5.74) is 4.62. The third kappa shape index (κ3) is 6.48. The van der Waals surface area contributed by atoms with Gasteiger partial charge in [0.1, 0.15) is 12.3 Å². The SMILES string of the molecule is CC(O)NC(CC(=O)O)C(=O)NC(C(N)=O)C(C)(C)C. The van der Waals surface area contributed by atoms with Crippen LogP contribution in [0.5, 0.6) is 0 Å². The standard InChI is InChI=1S/C12H23N3O5/c1-6(16)14-7(5-8(17)18)11(20)15-9(10(13)19)12(2,3)4/h6-7,9,14,16H,5H2,1-4H3,(H2,13,19)(H,15,20)(H,17,18). The number of carboxylic acids is 1. The zero-order chi connectivity index (χ0) is 16.1. The predicted octanol–water partition coefficient (Wildman–Crippen LogP) is -1.23. The highest BCUT2D eigenvalue weighted by atomic mass is 16.4. The van der Waals surface area contributed by atoms with Gasteiger partial charge in [-0.05, 0) is 12.3 Å². The second-order valence-electron chi connectivity index (χ2n) is 5.70. The van der Waals surface area contributed by atoms with Crippen LogP contribution in [0.15, 0.2) is 0 Å². The van der Waals surface area contributed by atoms with Crippen LogP contribution in [-0.4, -0.2) is 46.3 Å². The Morgan fingerprint density at radius 1 is 1.25 bits per heavy atom. The van der Waals surface area contributed by atoms with E-state index in [4.69, 9.17) is 10.8 Å². The Bertz CT molecular complexity index is 376. The summed E-state index contributed by atoms with van der Waals surface area (Å²) in [7, 11) is 0. The van der Waals surface area contributed by atoms with Crippen LogP contribution in [0.1, 0.15) is 34.1 Å². The lowest BCUT2D eigenvalue weighted by Crippen LogP contribution is -2.57. The zero-order valence-corrected chi connectivity index (χ0v) is 12.1. The van der Waals surface area contributed by atoms with Gasteiger partial charge >= 0.3 is 5.97 Å². The fourth-order valence-corrected chi connectivity index (χ4v) is 1.65. The van der Waals surface area contributed by atoms with Crippen LogP contribution in [0.25, 0.3) is 0 Å². The van der Waals surface area contributed by atoms with E-state index in [1.165, 1.54) is 6.92 Å². The molecule has 0 fully saturated rings. The molecule has 0 aliphatic rings. The van der Waals surface area contributed by atoms with Gasteiger partial charge in [0.25, 0.3) is 0 Å². The summed E-state index contributed by atoms with van der Waals surface area (Å²) in [5.74, 6) is -2.62. The van der Waals surface area contributed by atoms with Gasteiger partial charge in [0.05, 0.1) is 12.5 Å². The molecule has 0 heterocycles. The number of primary amides is 1. The number of aliphatic hydroxyl groups is 1. The van der Waals surface area contributed by atoms with E-state index >= 15 is 0 Å². The fourth-order valence-electron chi connectivity index (χ4n) is 1.65. The van der Waals surface area contributed by atoms with Crippen molar-refractivity contribution in [2.75, 3.05) is 0 Å². The number of amides is 2. The molecule has 0 aliphatic heterocycles. The van der Waals surface area contributed by atoms with Crippen molar-refractivity contribution in [2.24, 2.45) is 11.1 Å². The first-order chi connectivity index (χ1) is 8.95. The molecule has 3 atom stereocenters. The Kier molecular flexibility index (Phi) is 6.60. The number of nitrogens with two attached hydrogens (primary N) is 1. The van der Waals surface area contributed by atoms with Crippen molar-refractivity contribution in [1.82, 2.24) is 10.6 Å². The number of hydrogen-bond acceptors (Lipinski definition) is 5. The molecule has 0 aromatic carbocycles. The maximum Gasteiger partial charge on any atom is 0.305 e. The highest BCUT2D eigenvalue weighted by molar-refractivity contribution is 5.91. The van der Waals surface area contributed by atoms with Gasteiger partial charge in [-0.25, -0.2) is 0 Å². The van der Waals surface area contributed by atoms with Gasteiger partial charge in [0, 0.05) is 0 Å². The van der Waals surface area contributed by atoms with Gasteiger partial charge in [-0.1, -0.05) is 20.8 Å². The molecule has 2 amide bonds. The lowest BCUT2D eigenvalue weighted by atomic mass is 9.86. The molecule has 0 bridgehead atoms. The van der Waals surface area contributed by atoms with E-state index in [0.717, 1.165) is 0 Å². The maximum absolute atomic E-state index is 12.0. The molecule has 0 aromatic heterocycles. The predicted molar refractivity (Wildman–Crippen MR) is 71.4 cm³/mol. The molecule has 0 radical (unpaired) electrons. The number of carboxylic acid groups (broad SMARTS) is 1. The number of rotatable bonds is 7. The van der Waals surface area contributed by atoms with E-state index in [0.29, 0.717) is 0 Å². The smallest absolute Gasteiger partial charge is 0.305 e. The van der Waals surface area contributed by atoms with Crippen molar-refractivity contribution in [3.63, 3.8) is 0 Å². The van der Waals surface area contributed by atoms with E-state index in [1.54, 1.807) is 20.8 Å². The minimum atomic E-state index is -1.20. The van der Waals surface area contributed by atoms with Crippen molar-refractivity contribution in [3.05, 3.63) is 0 Å². The minimum Gasteiger partial charge on any atom is -0.481 e. The molecule has 0 rings (SSSR count). The van der Waals surface area contributed by atoms with Gasteiger partial charge in [0.15, 0.2) is 0 Å². The minimum absolute atomic E-state index is 0.521. The third-order valence-electron chi connectivity index (χ3n) is 2.57. The first-order valence-electron chi connectivity index (χ1n) is 6.20. The zero-order valence-electron chi connectivity index (χ0n) is 12.1. The van der Waals surface area contributed by atoms with Crippen LogP contribution >= 0.6 is 0 Å². The number of carbonyl (C=O) groups excluding carboxylic acids is 2. The van der Waals surface area contributed by atoms with Gasteiger partial charge in [-0.15, -0.1) is 0 Å². The average Bonchev–Trinajstić information content (AvgIpc) is 2.20. The van der Waals surface area contributed by atoms with Crippen LogP contribution in [-0.2, 0) is 14.4 Å². The Labute approximate surface area is 117 Å². The van der Waals surface area contributed by atoms with Crippen LogP contribution in [0.2, 0.25) is 0 Å². The molecule has 0 spiro atoms. The lowest BCUT2D eigenvalue weighted by Gasteiger charge is -2.30. The lowest BCUT2D eigenvalue weighted by molar-refractivity contribution is -0.141. The molecule has 20 heavy (non-hydrogen) atoms.